The average molecular weight is 326 g/mol. The van der Waals surface area contributed by atoms with Crippen LogP contribution < -0.4 is 10.6 Å². The predicted molar refractivity (Wildman–Crippen MR) is 86.3 cm³/mol. The lowest BCUT2D eigenvalue weighted by atomic mass is 9.71. The van der Waals surface area contributed by atoms with Crippen LogP contribution in [0.15, 0.2) is 0 Å². The van der Waals surface area contributed by atoms with Gasteiger partial charge in [-0.15, -0.1) is 0 Å². The molecule has 0 aromatic heterocycles. The lowest BCUT2D eigenvalue weighted by Gasteiger charge is -2.49. The molecule has 0 spiro atoms. The van der Waals surface area contributed by atoms with E-state index in [2.05, 4.69) is 17.6 Å². The maximum atomic E-state index is 12.1. The smallest absolute Gasteiger partial charge is 0.407 e. The lowest BCUT2D eigenvalue weighted by Crippen LogP contribution is -2.71. The van der Waals surface area contributed by atoms with E-state index in [9.17, 15) is 4.79 Å². The summed E-state index contributed by atoms with van der Waals surface area (Å²) in [6, 6.07) is 0.600. The summed E-state index contributed by atoms with van der Waals surface area (Å²) in [6.45, 7) is 10.3. The van der Waals surface area contributed by atoms with E-state index in [1.54, 1.807) is 0 Å². The highest BCUT2D eigenvalue weighted by Gasteiger charge is 2.55. The Balaban J connectivity index is 1.57. The Morgan fingerprint density at radius 3 is 2.65 bits per heavy atom. The fourth-order valence-corrected chi connectivity index (χ4v) is 3.93. The third kappa shape index (κ3) is 3.80. The van der Waals surface area contributed by atoms with E-state index in [4.69, 9.17) is 14.2 Å². The van der Waals surface area contributed by atoms with Gasteiger partial charge < -0.3 is 24.8 Å². The number of hydrogen-bond donors (Lipinski definition) is 2. The number of ether oxygens (including phenoxy) is 3. The molecule has 1 saturated carbocycles. The van der Waals surface area contributed by atoms with Crippen LogP contribution in [0.2, 0.25) is 0 Å². The van der Waals surface area contributed by atoms with E-state index < -0.39 is 5.60 Å². The third-order valence-corrected chi connectivity index (χ3v) is 5.20. The zero-order valence-electron chi connectivity index (χ0n) is 14.6. The minimum atomic E-state index is -0.475. The summed E-state index contributed by atoms with van der Waals surface area (Å²) in [4.78, 5) is 12.1. The van der Waals surface area contributed by atoms with Gasteiger partial charge in [0.05, 0.1) is 24.8 Å². The molecule has 6 nitrogen and oxygen atoms in total. The van der Waals surface area contributed by atoms with Gasteiger partial charge in [-0.05, 0) is 46.5 Å². The topological polar surface area (TPSA) is 68.8 Å². The van der Waals surface area contributed by atoms with Gasteiger partial charge in [-0.3, -0.25) is 0 Å². The van der Waals surface area contributed by atoms with E-state index in [0.717, 1.165) is 32.7 Å². The molecular weight excluding hydrogens is 296 g/mol. The molecule has 6 unspecified atom stereocenters. The molecule has 3 aliphatic rings. The van der Waals surface area contributed by atoms with Crippen LogP contribution in [-0.4, -0.2) is 55.7 Å². The van der Waals surface area contributed by atoms with Gasteiger partial charge in [0, 0.05) is 25.2 Å². The van der Waals surface area contributed by atoms with Gasteiger partial charge in [0.1, 0.15) is 5.60 Å². The molecule has 0 aromatic carbocycles. The summed E-state index contributed by atoms with van der Waals surface area (Å²) in [5.41, 5.74) is -0.475. The molecule has 2 N–H and O–H groups in total. The van der Waals surface area contributed by atoms with Crippen molar-refractivity contribution in [1.29, 1.82) is 0 Å². The van der Waals surface area contributed by atoms with Gasteiger partial charge >= 0.3 is 6.09 Å². The summed E-state index contributed by atoms with van der Waals surface area (Å²) in [5.74, 6) is 0.935. The Bertz CT molecular complexity index is 431. The standard InChI is InChI=1S/C17H30N2O4/c1-10(11-5-7-21-9-11)18-14-13(12-6-8-22-15(12)14)19-16(20)23-17(2,3)4/h10-15,18H,5-9H2,1-4H3,(H,19,20). The number of rotatable bonds is 4. The van der Waals surface area contributed by atoms with Crippen molar-refractivity contribution in [2.24, 2.45) is 11.8 Å². The highest BCUT2D eigenvalue weighted by Crippen LogP contribution is 2.40. The molecule has 3 rings (SSSR count). The predicted octanol–water partition coefficient (Wildman–Crippen LogP) is 1.68. The Hall–Kier alpha value is -0.850. The first-order chi connectivity index (χ1) is 10.8. The zero-order chi connectivity index (χ0) is 16.6. The average Bonchev–Trinajstić information content (AvgIpc) is 3.10. The summed E-state index contributed by atoms with van der Waals surface area (Å²) < 4.78 is 16.7. The second kappa shape index (κ2) is 6.57. The van der Waals surface area contributed by atoms with Crippen LogP contribution in [0.25, 0.3) is 0 Å². The summed E-state index contributed by atoms with van der Waals surface area (Å²) in [7, 11) is 0. The molecule has 6 heteroatoms. The van der Waals surface area contributed by atoms with E-state index in [1.165, 1.54) is 0 Å². The van der Waals surface area contributed by atoms with Crippen molar-refractivity contribution in [3.05, 3.63) is 0 Å². The Labute approximate surface area is 138 Å². The monoisotopic (exact) mass is 326 g/mol. The molecule has 0 aromatic rings. The minimum absolute atomic E-state index is 0.0853. The first-order valence-corrected chi connectivity index (χ1v) is 8.80. The summed E-state index contributed by atoms with van der Waals surface area (Å²) in [5, 5.41) is 6.73. The van der Waals surface area contributed by atoms with Crippen LogP contribution in [0.4, 0.5) is 4.79 Å². The highest BCUT2D eigenvalue weighted by atomic mass is 16.6. The molecule has 6 atom stereocenters. The molecule has 2 aliphatic heterocycles. The van der Waals surface area contributed by atoms with Crippen molar-refractivity contribution in [3.8, 4) is 0 Å². The molecule has 23 heavy (non-hydrogen) atoms. The SMILES string of the molecule is CC(NC1C(NC(=O)OC(C)(C)C)C2CCOC21)C1CCOC1. The fourth-order valence-electron chi connectivity index (χ4n) is 3.93. The van der Waals surface area contributed by atoms with Crippen molar-refractivity contribution < 1.29 is 19.0 Å². The van der Waals surface area contributed by atoms with E-state index in [0.29, 0.717) is 17.9 Å². The summed E-state index contributed by atoms with van der Waals surface area (Å²) in [6.07, 6.45) is 1.97. The number of amides is 1. The van der Waals surface area contributed by atoms with E-state index in [-0.39, 0.29) is 24.3 Å². The van der Waals surface area contributed by atoms with E-state index in [1.807, 2.05) is 20.8 Å². The molecule has 2 saturated heterocycles. The van der Waals surface area contributed by atoms with Gasteiger partial charge in [-0.2, -0.15) is 0 Å². The van der Waals surface area contributed by atoms with Gasteiger partial charge in [0.15, 0.2) is 0 Å². The van der Waals surface area contributed by atoms with Crippen LogP contribution in [0.5, 0.6) is 0 Å². The number of carbonyl (C=O) groups is 1. The maximum Gasteiger partial charge on any atom is 0.407 e. The van der Waals surface area contributed by atoms with E-state index >= 15 is 0 Å². The molecule has 1 aliphatic carbocycles. The Morgan fingerprint density at radius 1 is 1.22 bits per heavy atom. The number of fused-ring (bicyclic) bond motifs is 1. The Kier molecular flexibility index (Phi) is 4.85. The first kappa shape index (κ1) is 17.0. The van der Waals surface area contributed by atoms with Gasteiger partial charge in [0.25, 0.3) is 0 Å². The van der Waals surface area contributed by atoms with Gasteiger partial charge in [-0.25, -0.2) is 4.79 Å². The van der Waals surface area contributed by atoms with Crippen LogP contribution in [0.1, 0.15) is 40.5 Å². The van der Waals surface area contributed by atoms with Gasteiger partial charge in [0.2, 0.25) is 0 Å². The van der Waals surface area contributed by atoms with Crippen molar-refractivity contribution in [1.82, 2.24) is 10.6 Å². The number of hydrogen-bond acceptors (Lipinski definition) is 5. The fraction of sp³-hybridized carbons (Fsp3) is 0.941. The van der Waals surface area contributed by atoms with Crippen LogP contribution in [0.3, 0.4) is 0 Å². The quantitative estimate of drug-likeness (QED) is 0.823. The molecule has 132 valence electrons. The largest absolute Gasteiger partial charge is 0.444 e. The molecular formula is C17H30N2O4. The number of carbonyl (C=O) groups excluding carboxylic acids is 1. The van der Waals surface area contributed by atoms with Crippen LogP contribution in [0, 0.1) is 11.8 Å². The van der Waals surface area contributed by atoms with Crippen LogP contribution >= 0.6 is 0 Å². The zero-order valence-corrected chi connectivity index (χ0v) is 14.6. The molecule has 2 heterocycles. The lowest BCUT2D eigenvalue weighted by molar-refractivity contribution is -0.0394. The number of nitrogens with one attached hydrogen (secondary N) is 2. The second-order valence-electron chi connectivity index (χ2n) is 8.06. The molecule has 0 radical (unpaired) electrons. The minimum Gasteiger partial charge on any atom is -0.444 e. The van der Waals surface area contributed by atoms with Crippen molar-refractivity contribution in [2.45, 2.75) is 70.4 Å². The third-order valence-electron chi connectivity index (χ3n) is 5.20. The van der Waals surface area contributed by atoms with Crippen molar-refractivity contribution in [3.63, 3.8) is 0 Å². The normalized spacial score (nSPS) is 37.8. The van der Waals surface area contributed by atoms with Crippen molar-refractivity contribution in [2.75, 3.05) is 19.8 Å². The summed E-state index contributed by atoms with van der Waals surface area (Å²) >= 11 is 0. The molecule has 0 bridgehead atoms. The second-order valence-corrected chi connectivity index (χ2v) is 8.06. The molecule has 1 amide bonds. The number of alkyl carbamates (subject to hydrolysis) is 1. The Morgan fingerprint density at radius 2 is 2.00 bits per heavy atom. The maximum absolute atomic E-state index is 12.1. The van der Waals surface area contributed by atoms with Crippen molar-refractivity contribution >= 4 is 6.09 Å². The highest BCUT2D eigenvalue weighted by molar-refractivity contribution is 5.68. The first-order valence-electron chi connectivity index (χ1n) is 8.80. The van der Waals surface area contributed by atoms with Gasteiger partial charge in [-0.1, -0.05) is 0 Å². The van der Waals surface area contributed by atoms with Crippen LogP contribution in [-0.2, 0) is 14.2 Å². The molecule has 3 fully saturated rings.